The van der Waals surface area contributed by atoms with Crippen LogP contribution in [-0.4, -0.2) is 34.8 Å². The predicted octanol–water partition coefficient (Wildman–Crippen LogP) is 5.72. The van der Waals surface area contributed by atoms with Gasteiger partial charge in [0.15, 0.2) is 16.3 Å². The summed E-state index contributed by atoms with van der Waals surface area (Å²) in [7, 11) is 1.60. The number of rotatable bonds is 3. The van der Waals surface area contributed by atoms with E-state index in [9.17, 15) is 22.4 Å². The molecule has 12 heteroatoms. The fourth-order valence-corrected chi connectivity index (χ4v) is 4.11. The zero-order valence-electron chi connectivity index (χ0n) is 17.2. The molecule has 6 nitrogen and oxygen atoms in total. The number of carbonyl (C=O) groups is 1. The highest BCUT2D eigenvalue weighted by Crippen LogP contribution is 2.47. The first-order valence-electron chi connectivity index (χ1n) is 9.47. The lowest BCUT2D eigenvalue weighted by Gasteiger charge is -2.31. The molecular formula is C21H16BrF4N3O3S. The first kappa shape index (κ1) is 23.3. The first-order valence-corrected chi connectivity index (χ1v) is 11.1. The SMILES string of the molecule is Cc1cn(-c2ccc3c(c2)OC(F)(F)C(F)(F)O3)/c(=N/C(=O)N(C)Cc2ccc(Br)cc2)s1. The molecule has 2 heterocycles. The number of nitrogens with zero attached hydrogens (tertiary/aromatic N) is 3. The molecule has 4 rings (SSSR count). The minimum Gasteiger partial charge on any atom is -0.421 e. The van der Waals surface area contributed by atoms with Crippen LogP contribution in [0.1, 0.15) is 10.4 Å². The van der Waals surface area contributed by atoms with Gasteiger partial charge in [0.2, 0.25) is 0 Å². The smallest absolute Gasteiger partial charge is 0.421 e. The van der Waals surface area contributed by atoms with Crippen molar-refractivity contribution in [2.75, 3.05) is 7.05 Å². The number of benzene rings is 2. The normalized spacial score (nSPS) is 16.5. The van der Waals surface area contributed by atoms with Gasteiger partial charge in [-0.2, -0.15) is 22.6 Å². The average molecular weight is 546 g/mol. The Morgan fingerprint density at radius 3 is 2.39 bits per heavy atom. The fourth-order valence-electron chi connectivity index (χ4n) is 3.02. The van der Waals surface area contributed by atoms with E-state index in [2.05, 4.69) is 30.4 Å². The fraction of sp³-hybridized carbons (Fsp3) is 0.238. The van der Waals surface area contributed by atoms with E-state index in [1.54, 1.807) is 20.2 Å². The summed E-state index contributed by atoms with van der Waals surface area (Å²) in [6, 6.07) is 10.6. The Morgan fingerprint density at radius 1 is 1.09 bits per heavy atom. The minimum absolute atomic E-state index is 0.272. The van der Waals surface area contributed by atoms with Gasteiger partial charge in [0.1, 0.15) is 0 Å². The van der Waals surface area contributed by atoms with E-state index in [1.165, 1.54) is 26.9 Å². The molecule has 0 unspecified atom stereocenters. The largest absolute Gasteiger partial charge is 0.507 e. The van der Waals surface area contributed by atoms with E-state index >= 15 is 0 Å². The van der Waals surface area contributed by atoms with Gasteiger partial charge in [0, 0.05) is 35.2 Å². The highest BCUT2D eigenvalue weighted by molar-refractivity contribution is 9.10. The van der Waals surface area contributed by atoms with E-state index in [4.69, 9.17) is 0 Å². The summed E-state index contributed by atoms with van der Waals surface area (Å²) in [5, 5.41) is 0. The molecular weight excluding hydrogens is 530 g/mol. The van der Waals surface area contributed by atoms with Crippen LogP contribution in [0, 0.1) is 6.92 Å². The molecule has 0 saturated carbocycles. The summed E-state index contributed by atoms with van der Waals surface area (Å²) >= 11 is 4.56. The number of thiazole rings is 1. The number of urea groups is 1. The van der Waals surface area contributed by atoms with Crippen LogP contribution in [0.3, 0.4) is 0 Å². The van der Waals surface area contributed by atoms with Crippen LogP contribution in [0.2, 0.25) is 0 Å². The molecule has 1 aromatic heterocycles. The van der Waals surface area contributed by atoms with Gasteiger partial charge in [-0.25, -0.2) is 4.79 Å². The second kappa shape index (κ2) is 8.49. The summed E-state index contributed by atoms with van der Waals surface area (Å²) < 4.78 is 64.6. The number of hydrogen-bond donors (Lipinski definition) is 0. The molecule has 0 saturated heterocycles. The third-order valence-electron chi connectivity index (χ3n) is 4.64. The Hall–Kier alpha value is -2.86. The molecule has 33 heavy (non-hydrogen) atoms. The van der Waals surface area contributed by atoms with Crippen molar-refractivity contribution in [2.45, 2.75) is 25.7 Å². The zero-order chi connectivity index (χ0) is 24.0. The quantitative estimate of drug-likeness (QED) is 0.395. The Morgan fingerprint density at radius 2 is 1.73 bits per heavy atom. The van der Waals surface area contributed by atoms with Gasteiger partial charge in [0.05, 0.1) is 5.69 Å². The number of amides is 2. The Balaban J connectivity index is 1.63. The Bertz CT molecular complexity index is 1270. The van der Waals surface area contributed by atoms with Crippen molar-refractivity contribution < 1.29 is 31.8 Å². The third-order valence-corrected chi connectivity index (χ3v) is 6.07. The molecule has 0 N–H and O–H groups in total. The molecule has 0 aliphatic carbocycles. The summed E-state index contributed by atoms with van der Waals surface area (Å²) in [6.45, 7) is 2.11. The predicted molar refractivity (Wildman–Crippen MR) is 116 cm³/mol. The van der Waals surface area contributed by atoms with Crippen LogP contribution in [0.15, 0.2) is 58.1 Å². The Kier molecular flexibility index (Phi) is 5.99. The molecule has 174 valence electrons. The van der Waals surface area contributed by atoms with Crippen LogP contribution >= 0.6 is 27.3 Å². The van der Waals surface area contributed by atoms with E-state index in [1.807, 2.05) is 24.3 Å². The first-order chi connectivity index (χ1) is 15.4. The second-order valence-corrected chi connectivity index (χ2v) is 9.37. The molecule has 0 radical (unpaired) electrons. The van der Waals surface area contributed by atoms with Crippen molar-refractivity contribution in [1.29, 1.82) is 0 Å². The highest BCUT2D eigenvalue weighted by atomic mass is 79.9. The monoisotopic (exact) mass is 545 g/mol. The van der Waals surface area contributed by atoms with Gasteiger partial charge >= 0.3 is 18.2 Å². The summed E-state index contributed by atoms with van der Waals surface area (Å²) in [5.41, 5.74) is 1.19. The van der Waals surface area contributed by atoms with Crippen molar-refractivity contribution in [3.8, 4) is 17.2 Å². The van der Waals surface area contributed by atoms with Gasteiger partial charge in [0.25, 0.3) is 0 Å². The second-order valence-electron chi connectivity index (χ2n) is 7.24. The minimum atomic E-state index is -4.83. The number of alkyl halides is 4. The van der Waals surface area contributed by atoms with Crippen molar-refractivity contribution in [3.63, 3.8) is 0 Å². The number of carbonyl (C=O) groups excluding carboxylic acids is 1. The van der Waals surface area contributed by atoms with Crippen molar-refractivity contribution in [3.05, 3.63) is 68.4 Å². The molecule has 3 aromatic rings. The van der Waals surface area contributed by atoms with E-state index < -0.39 is 29.7 Å². The highest BCUT2D eigenvalue weighted by Gasteiger charge is 2.65. The van der Waals surface area contributed by atoms with Crippen LogP contribution in [0.4, 0.5) is 22.4 Å². The van der Waals surface area contributed by atoms with Crippen molar-refractivity contribution in [2.24, 2.45) is 4.99 Å². The zero-order valence-corrected chi connectivity index (χ0v) is 19.6. The van der Waals surface area contributed by atoms with Crippen molar-refractivity contribution >= 4 is 33.3 Å². The number of halogens is 5. The van der Waals surface area contributed by atoms with Crippen LogP contribution in [-0.2, 0) is 6.54 Å². The van der Waals surface area contributed by atoms with Gasteiger partial charge in [-0.05, 0) is 36.8 Å². The molecule has 0 fully saturated rings. The molecule has 0 atom stereocenters. The maximum atomic E-state index is 13.6. The number of aryl methyl sites for hydroxylation is 1. The third kappa shape index (κ3) is 4.76. The molecule has 2 amide bonds. The van der Waals surface area contributed by atoms with Gasteiger partial charge in [-0.1, -0.05) is 28.1 Å². The molecule has 0 spiro atoms. The van der Waals surface area contributed by atoms with Crippen LogP contribution in [0.5, 0.6) is 11.5 Å². The van der Waals surface area contributed by atoms with E-state index in [0.29, 0.717) is 6.54 Å². The summed E-state index contributed by atoms with van der Waals surface area (Å²) in [6.07, 6.45) is -7.98. The molecule has 2 aromatic carbocycles. The van der Waals surface area contributed by atoms with Gasteiger partial charge < -0.3 is 14.4 Å². The lowest BCUT2D eigenvalue weighted by atomic mass is 10.2. The average Bonchev–Trinajstić information content (AvgIpc) is 3.09. The van der Waals surface area contributed by atoms with Crippen LogP contribution in [0.25, 0.3) is 5.69 Å². The lowest BCUT2D eigenvalue weighted by Crippen LogP contribution is -2.52. The molecule has 0 bridgehead atoms. The van der Waals surface area contributed by atoms with Crippen LogP contribution < -0.4 is 14.3 Å². The lowest BCUT2D eigenvalue weighted by molar-refractivity contribution is -0.391. The molecule has 1 aliphatic rings. The number of aromatic nitrogens is 1. The summed E-state index contributed by atoms with van der Waals surface area (Å²) in [4.78, 5) is 19.3. The van der Waals surface area contributed by atoms with E-state index in [0.717, 1.165) is 27.0 Å². The topological polar surface area (TPSA) is 56.1 Å². The van der Waals surface area contributed by atoms with E-state index in [-0.39, 0.29) is 10.5 Å². The van der Waals surface area contributed by atoms with Gasteiger partial charge in [-0.3, -0.25) is 4.57 Å². The maximum Gasteiger partial charge on any atom is 0.507 e. The molecule has 1 aliphatic heterocycles. The maximum absolute atomic E-state index is 13.6. The number of fused-ring (bicyclic) bond motifs is 1. The van der Waals surface area contributed by atoms with Crippen molar-refractivity contribution in [1.82, 2.24) is 9.47 Å². The number of ether oxygens (including phenoxy) is 2. The number of hydrogen-bond acceptors (Lipinski definition) is 4. The van der Waals surface area contributed by atoms with Gasteiger partial charge in [-0.15, -0.1) is 11.3 Å². The standard InChI is InChI=1S/C21H16BrF4N3O3S/c1-12-10-29(15-7-8-16-17(9-15)32-21(25,26)20(23,24)31-16)19(33-12)27-18(30)28(2)11-13-3-5-14(22)6-4-13/h3-10H,11H2,1-2H3/b27-19-. The summed E-state index contributed by atoms with van der Waals surface area (Å²) in [5.74, 6) is -1.07. The Labute approximate surface area is 197 Å².